The van der Waals surface area contributed by atoms with Crippen molar-refractivity contribution >= 4 is 0 Å². The lowest BCUT2D eigenvalue weighted by Crippen LogP contribution is -2.35. The first-order valence-electron chi connectivity index (χ1n) is 6.10. The second-order valence-electron chi connectivity index (χ2n) is 4.52. The van der Waals surface area contributed by atoms with Crippen LogP contribution in [0.2, 0.25) is 0 Å². The quantitative estimate of drug-likeness (QED) is 0.826. The minimum absolute atomic E-state index is 0.323. The fourth-order valence-electron chi connectivity index (χ4n) is 2.55. The molecular formula is C12H21N3. The molecule has 84 valence electrons. The molecule has 3 nitrogen and oxygen atoms in total. The molecule has 15 heavy (non-hydrogen) atoms. The van der Waals surface area contributed by atoms with Crippen molar-refractivity contribution in [3.8, 4) is 0 Å². The van der Waals surface area contributed by atoms with Gasteiger partial charge in [-0.1, -0.05) is 19.8 Å². The predicted molar refractivity (Wildman–Crippen MR) is 61.7 cm³/mol. The Morgan fingerprint density at radius 1 is 1.47 bits per heavy atom. The minimum atomic E-state index is 0.323. The third-order valence-electron chi connectivity index (χ3n) is 3.36. The van der Waals surface area contributed by atoms with Gasteiger partial charge in [0.25, 0.3) is 0 Å². The van der Waals surface area contributed by atoms with Crippen LogP contribution in [0.15, 0.2) is 12.4 Å². The van der Waals surface area contributed by atoms with Crippen LogP contribution in [-0.2, 0) is 6.42 Å². The summed E-state index contributed by atoms with van der Waals surface area (Å²) in [7, 11) is 0. The summed E-state index contributed by atoms with van der Waals surface area (Å²) >= 11 is 0. The molecule has 1 fully saturated rings. The van der Waals surface area contributed by atoms with E-state index >= 15 is 0 Å². The Bertz CT molecular complexity index is 306. The Hall–Kier alpha value is -0.830. The standard InChI is InChI=1S/C12H21N3/c1-2-5-12-14-8-9-15(12)11-7-4-3-6-10(11)13/h8-11H,2-7,13H2,1H3. The summed E-state index contributed by atoms with van der Waals surface area (Å²) in [5.74, 6) is 1.21. The molecule has 1 saturated carbocycles. The Balaban J connectivity index is 2.15. The van der Waals surface area contributed by atoms with Gasteiger partial charge in [0.1, 0.15) is 5.82 Å². The highest BCUT2D eigenvalue weighted by atomic mass is 15.1. The van der Waals surface area contributed by atoms with Gasteiger partial charge >= 0.3 is 0 Å². The summed E-state index contributed by atoms with van der Waals surface area (Å²) < 4.78 is 2.31. The van der Waals surface area contributed by atoms with Gasteiger partial charge in [0, 0.05) is 30.9 Å². The number of nitrogens with zero attached hydrogens (tertiary/aromatic N) is 2. The average molecular weight is 207 g/mol. The van der Waals surface area contributed by atoms with Gasteiger partial charge in [-0.25, -0.2) is 4.98 Å². The van der Waals surface area contributed by atoms with E-state index in [4.69, 9.17) is 5.73 Å². The van der Waals surface area contributed by atoms with E-state index in [9.17, 15) is 0 Å². The highest BCUT2D eigenvalue weighted by molar-refractivity contribution is 4.98. The smallest absolute Gasteiger partial charge is 0.108 e. The molecule has 0 saturated heterocycles. The van der Waals surface area contributed by atoms with Crippen molar-refractivity contribution in [1.29, 1.82) is 0 Å². The maximum atomic E-state index is 6.19. The normalized spacial score (nSPS) is 26.8. The fourth-order valence-corrected chi connectivity index (χ4v) is 2.55. The van der Waals surface area contributed by atoms with Gasteiger partial charge < -0.3 is 10.3 Å². The van der Waals surface area contributed by atoms with E-state index in [-0.39, 0.29) is 0 Å². The fraction of sp³-hybridized carbons (Fsp3) is 0.750. The highest BCUT2D eigenvalue weighted by Gasteiger charge is 2.24. The predicted octanol–water partition coefficient (Wildman–Crippen LogP) is 2.28. The first-order valence-corrected chi connectivity index (χ1v) is 6.10. The molecule has 2 unspecified atom stereocenters. The Morgan fingerprint density at radius 2 is 2.27 bits per heavy atom. The van der Waals surface area contributed by atoms with E-state index < -0.39 is 0 Å². The number of hydrogen-bond donors (Lipinski definition) is 1. The number of rotatable bonds is 3. The van der Waals surface area contributed by atoms with E-state index in [0.29, 0.717) is 12.1 Å². The summed E-state index contributed by atoms with van der Waals surface area (Å²) in [6.45, 7) is 2.19. The second kappa shape index (κ2) is 4.79. The molecule has 1 aromatic heterocycles. The molecular weight excluding hydrogens is 186 g/mol. The van der Waals surface area contributed by atoms with Crippen molar-refractivity contribution in [2.45, 2.75) is 57.5 Å². The molecule has 1 aliphatic rings. The van der Waals surface area contributed by atoms with Crippen molar-refractivity contribution in [2.75, 3.05) is 0 Å². The van der Waals surface area contributed by atoms with Crippen molar-refractivity contribution < 1.29 is 0 Å². The lowest BCUT2D eigenvalue weighted by atomic mass is 9.90. The van der Waals surface area contributed by atoms with Gasteiger partial charge in [0.05, 0.1) is 0 Å². The van der Waals surface area contributed by atoms with E-state index in [1.807, 2.05) is 6.20 Å². The van der Waals surface area contributed by atoms with Gasteiger partial charge in [0.15, 0.2) is 0 Å². The summed E-state index contributed by atoms with van der Waals surface area (Å²) in [6.07, 6.45) is 11.2. The maximum Gasteiger partial charge on any atom is 0.108 e. The third kappa shape index (κ3) is 2.23. The number of imidazole rings is 1. The zero-order valence-corrected chi connectivity index (χ0v) is 9.52. The summed E-state index contributed by atoms with van der Waals surface area (Å²) in [5.41, 5.74) is 6.19. The highest BCUT2D eigenvalue weighted by Crippen LogP contribution is 2.28. The molecule has 0 amide bonds. The van der Waals surface area contributed by atoms with Crippen LogP contribution in [0.5, 0.6) is 0 Å². The van der Waals surface area contributed by atoms with Crippen LogP contribution in [-0.4, -0.2) is 15.6 Å². The summed E-state index contributed by atoms with van der Waals surface area (Å²) in [6, 6.07) is 0.811. The Kier molecular flexibility index (Phi) is 3.41. The van der Waals surface area contributed by atoms with E-state index in [1.54, 1.807) is 0 Å². The molecule has 1 aliphatic carbocycles. The van der Waals surface area contributed by atoms with E-state index in [2.05, 4.69) is 22.7 Å². The lowest BCUT2D eigenvalue weighted by Gasteiger charge is -2.30. The zero-order chi connectivity index (χ0) is 10.7. The van der Waals surface area contributed by atoms with Gasteiger partial charge in [0.2, 0.25) is 0 Å². The van der Waals surface area contributed by atoms with Crippen LogP contribution in [0.4, 0.5) is 0 Å². The van der Waals surface area contributed by atoms with Crippen molar-refractivity contribution in [3.63, 3.8) is 0 Å². The van der Waals surface area contributed by atoms with Gasteiger partial charge in [-0.3, -0.25) is 0 Å². The van der Waals surface area contributed by atoms with Crippen LogP contribution < -0.4 is 5.73 Å². The maximum absolute atomic E-state index is 6.19. The second-order valence-corrected chi connectivity index (χ2v) is 4.52. The molecule has 2 rings (SSSR count). The molecule has 0 aliphatic heterocycles. The number of aryl methyl sites for hydroxylation is 1. The van der Waals surface area contributed by atoms with Gasteiger partial charge in [-0.15, -0.1) is 0 Å². The number of aromatic nitrogens is 2. The van der Waals surface area contributed by atoms with E-state index in [1.165, 1.54) is 25.1 Å². The van der Waals surface area contributed by atoms with E-state index in [0.717, 1.165) is 19.3 Å². The largest absolute Gasteiger partial charge is 0.330 e. The topological polar surface area (TPSA) is 43.8 Å². The van der Waals surface area contributed by atoms with Crippen molar-refractivity contribution in [1.82, 2.24) is 9.55 Å². The zero-order valence-electron chi connectivity index (χ0n) is 9.52. The molecule has 0 spiro atoms. The Labute approximate surface area is 91.7 Å². The third-order valence-corrected chi connectivity index (χ3v) is 3.36. The number of nitrogens with two attached hydrogens (primary N) is 1. The number of hydrogen-bond acceptors (Lipinski definition) is 2. The molecule has 0 aromatic carbocycles. The van der Waals surface area contributed by atoms with Crippen LogP contribution in [0, 0.1) is 0 Å². The first-order chi connectivity index (χ1) is 7.33. The van der Waals surface area contributed by atoms with Crippen molar-refractivity contribution in [3.05, 3.63) is 18.2 Å². The van der Waals surface area contributed by atoms with Crippen LogP contribution in [0.3, 0.4) is 0 Å². The van der Waals surface area contributed by atoms with Crippen LogP contribution in [0.25, 0.3) is 0 Å². The monoisotopic (exact) mass is 207 g/mol. The Morgan fingerprint density at radius 3 is 3.00 bits per heavy atom. The molecule has 0 bridgehead atoms. The first kappa shape index (κ1) is 10.7. The van der Waals surface area contributed by atoms with Crippen LogP contribution >= 0.6 is 0 Å². The molecule has 1 heterocycles. The molecule has 0 radical (unpaired) electrons. The molecule has 1 aromatic rings. The van der Waals surface area contributed by atoms with Gasteiger partial charge in [-0.05, 0) is 19.3 Å². The molecule has 2 atom stereocenters. The molecule has 2 N–H and O–H groups in total. The van der Waals surface area contributed by atoms with Crippen LogP contribution in [0.1, 0.15) is 50.9 Å². The average Bonchev–Trinajstić information content (AvgIpc) is 2.67. The SMILES string of the molecule is CCCc1nccn1C1CCCCC1N. The summed E-state index contributed by atoms with van der Waals surface area (Å²) in [4.78, 5) is 4.42. The van der Waals surface area contributed by atoms with Gasteiger partial charge in [-0.2, -0.15) is 0 Å². The molecule has 3 heteroatoms. The van der Waals surface area contributed by atoms with Crippen molar-refractivity contribution in [2.24, 2.45) is 5.73 Å². The minimum Gasteiger partial charge on any atom is -0.330 e. The lowest BCUT2D eigenvalue weighted by molar-refractivity contribution is 0.300. The summed E-state index contributed by atoms with van der Waals surface area (Å²) in [5, 5.41) is 0.